The van der Waals surface area contributed by atoms with Crippen molar-refractivity contribution in [2.75, 3.05) is 20.7 Å². The molecule has 2 aromatic rings. The van der Waals surface area contributed by atoms with Gasteiger partial charge in [-0.25, -0.2) is 4.39 Å². The first-order valence-electron chi connectivity index (χ1n) is 8.91. The highest BCUT2D eigenvalue weighted by Gasteiger charge is 2.29. The molecule has 1 heterocycles. The zero-order valence-corrected chi connectivity index (χ0v) is 17.8. The highest BCUT2D eigenvalue weighted by molar-refractivity contribution is 8.18. The van der Waals surface area contributed by atoms with Gasteiger partial charge < -0.3 is 9.47 Å². The monoisotopic (exact) mass is 434 g/mol. The molecule has 1 saturated heterocycles. The van der Waals surface area contributed by atoms with Crippen LogP contribution < -0.4 is 9.47 Å². The molecule has 8 heteroatoms. The van der Waals surface area contributed by atoms with Crippen molar-refractivity contribution in [2.24, 2.45) is 4.99 Å². The van der Waals surface area contributed by atoms with E-state index in [1.807, 2.05) is 6.92 Å². The molecule has 3 rings (SSSR count). The van der Waals surface area contributed by atoms with E-state index in [0.29, 0.717) is 44.3 Å². The van der Waals surface area contributed by atoms with Crippen LogP contribution in [-0.4, -0.2) is 36.7 Å². The summed E-state index contributed by atoms with van der Waals surface area (Å²) in [5, 5.41) is 0.972. The molecule has 0 saturated carbocycles. The summed E-state index contributed by atoms with van der Waals surface area (Å²) in [6, 6.07) is 9.63. The Balaban J connectivity index is 1.88. The van der Waals surface area contributed by atoms with Crippen molar-refractivity contribution in [1.29, 1.82) is 0 Å². The Morgan fingerprint density at radius 2 is 2.07 bits per heavy atom. The molecule has 0 atom stereocenters. The van der Waals surface area contributed by atoms with Crippen molar-refractivity contribution < 1.29 is 18.7 Å². The average Bonchev–Trinajstić information content (AvgIpc) is 2.95. The predicted octanol–water partition coefficient (Wildman–Crippen LogP) is 4.99. The van der Waals surface area contributed by atoms with Gasteiger partial charge in [-0.15, -0.1) is 0 Å². The van der Waals surface area contributed by atoms with Crippen molar-refractivity contribution >= 4 is 40.5 Å². The molecular weight excluding hydrogens is 415 g/mol. The summed E-state index contributed by atoms with van der Waals surface area (Å²) < 4.78 is 24.9. The Morgan fingerprint density at radius 3 is 2.72 bits per heavy atom. The van der Waals surface area contributed by atoms with Crippen LogP contribution in [0, 0.1) is 5.82 Å². The molecule has 0 N–H and O–H groups in total. The maximum Gasteiger partial charge on any atom is 0.266 e. The number of carbonyl (C=O) groups excluding carboxylic acids is 1. The molecule has 0 aromatic heterocycles. The molecule has 5 nitrogen and oxygen atoms in total. The lowest BCUT2D eigenvalue weighted by atomic mass is 10.1. The van der Waals surface area contributed by atoms with Crippen molar-refractivity contribution in [3.63, 3.8) is 0 Å². The highest BCUT2D eigenvalue weighted by atomic mass is 35.5. The fourth-order valence-corrected chi connectivity index (χ4v) is 3.96. The third-order valence-corrected chi connectivity index (χ3v) is 5.53. The lowest BCUT2D eigenvalue weighted by Crippen LogP contribution is -2.23. The lowest BCUT2D eigenvalue weighted by molar-refractivity contribution is -0.121. The Kier molecular flexibility index (Phi) is 6.82. The molecule has 0 radical (unpaired) electrons. The molecule has 0 spiro atoms. The first-order valence-corrected chi connectivity index (χ1v) is 10.1. The van der Waals surface area contributed by atoms with Gasteiger partial charge in [-0.1, -0.05) is 23.7 Å². The molecule has 0 unspecified atom stereocenters. The minimum atomic E-state index is -0.331. The minimum absolute atomic E-state index is 0.129. The van der Waals surface area contributed by atoms with Gasteiger partial charge in [-0.3, -0.25) is 14.7 Å². The molecule has 0 bridgehead atoms. The number of halogens is 2. The van der Waals surface area contributed by atoms with Crippen LogP contribution in [0.1, 0.15) is 18.1 Å². The Morgan fingerprint density at radius 1 is 1.28 bits per heavy atom. The quantitative estimate of drug-likeness (QED) is 0.601. The predicted molar refractivity (Wildman–Crippen MR) is 115 cm³/mol. The SMILES string of the molecule is CCOc1cc(/C=C2/SC(=NC)N(C)C2=O)cc(Cl)c1OCc1cccc(F)c1. The Hall–Kier alpha value is -2.51. The largest absolute Gasteiger partial charge is 0.490 e. The molecular formula is C21H20ClFN2O3S. The average molecular weight is 435 g/mol. The molecule has 152 valence electrons. The minimum Gasteiger partial charge on any atom is -0.490 e. The van der Waals surface area contributed by atoms with Gasteiger partial charge in [0.05, 0.1) is 16.5 Å². The molecule has 1 aliphatic rings. The number of hydrogen-bond acceptors (Lipinski definition) is 5. The van der Waals surface area contributed by atoms with Gasteiger partial charge in [-0.2, -0.15) is 0 Å². The van der Waals surface area contributed by atoms with E-state index in [9.17, 15) is 9.18 Å². The van der Waals surface area contributed by atoms with Crippen LogP contribution in [0.2, 0.25) is 5.02 Å². The van der Waals surface area contributed by atoms with E-state index in [1.165, 1.54) is 28.8 Å². The van der Waals surface area contributed by atoms with Crippen molar-refractivity contribution in [3.8, 4) is 11.5 Å². The molecule has 1 fully saturated rings. The number of aliphatic imine (C=N–C) groups is 1. The number of nitrogens with zero attached hydrogens (tertiary/aromatic N) is 2. The molecule has 1 aliphatic heterocycles. The fraction of sp³-hybridized carbons (Fsp3) is 0.238. The van der Waals surface area contributed by atoms with Crippen LogP contribution in [0.5, 0.6) is 11.5 Å². The zero-order valence-electron chi connectivity index (χ0n) is 16.2. The molecule has 2 aromatic carbocycles. The normalized spacial score (nSPS) is 16.7. The fourth-order valence-electron chi connectivity index (χ4n) is 2.76. The van der Waals surface area contributed by atoms with Crippen molar-refractivity contribution in [1.82, 2.24) is 4.90 Å². The van der Waals surface area contributed by atoms with Crippen LogP contribution >= 0.6 is 23.4 Å². The summed E-state index contributed by atoms with van der Waals surface area (Å²) in [5.41, 5.74) is 1.38. The van der Waals surface area contributed by atoms with E-state index >= 15 is 0 Å². The van der Waals surface area contributed by atoms with E-state index < -0.39 is 0 Å². The van der Waals surface area contributed by atoms with Gasteiger partial charge in [0.2, 0.25) is 0 Å². The molecule has 0 aliphatic carbocycles. The maximum absolute atomic E-state index is 13.4. The van der Waals surface area contributed by atoms with E-state index in [-0.39, 0.29) is 18.3 Å². The number of amides is 1. The first-order chi connectivity index (χ1) is 13.9. The van der Waals surface area contributed by atoms with E-state index in [4.69, 9.17) is 21.1 Å². The Labute approximate surface area is 178 Å². The summed E-state index contributed by atoms with van der Waals surface area (Å²) in [7, 11) is 3.32. The Bertz CT molecular complexity index is 994. The first kappa shape index (κ1) is 21.2. The number of amidine groups is 1. The van der Waals surface area contributed by atoms with Crippen LogP contribution in [-0.2, 0) is 11.4 Å². The van der Waals surface area contributed by atoms with Gasteiger partial charge in [0, 0.05) is 14.1 Å². The van der Waals surface area contributed by atoms with Gasteiger partial charge in [-0.05, 0) is 60.2 Å². The third kappa shape index (κ3) is 4.92. The number of ether oxygens (including phenoxy) is 2. The topological polar surface area (TPSA) is 51.1 Å². The number of rotatable bonds is 6. The van der Waals surface area contributed by atoms with E-state index in [1.54, 1.807) is 44.4 Å². The summed E-state index contributed by atoms with van der Waals surface area (Å²) in [4.78, 5) is 18.5. The van der Waals surface area contributed by atoms with Gasteiger partial charge in [0.1, 0.15) is 12.4 Å². The van der Waals surface area contributed by atoms with Gasteiger partial charge >= 0.3 is 0 Å². The highest BCUT2D eigenvalue weighted by Crippen LogP contribution is 2.39. The number of benzene rings is 2. The smallest absolute Gasteiger partial charge is 0.266 e. The summed E-state index contributed by atoms with van der Waals surface area (Å²) in [5.74, 6) is 0.369. The van der Waals surface area contributed by atoms with Crippen LogP contribution in [0.25, 0.3) is 6.08 Å². The van der Waals surface area contributed by atoms with Gasteiger partial charge in [0.15, 0.2) is 16.7 Å². The maximum atomic E-state index is 13.4. The van der Waals surface area contributed by atoms with Crippen molar-refractivity contribution in [2.45, 2.75) is 13.5 Å². The van der Waals surface area contributed by atoms with Crippen molar-refractivity contribution in [3.05, 3.63) is 63.3 Å². The number of carbonyl (C=O) groups is 1. The standard InChI is InChI=1S/C21H20ClFN2O3S/c1-4-27-17-10-14(11-18-20(26)25(3)21(24-2)29-18)9-16(22)19(17)28-12-13-6-5-7-15(23)8-13/h5-11H,4,12H2,1-3H3/b18-11+,24-21?. The molecule has 29 heavy (non-hydrogen) atoms. The van der Waals surface area contributed by atoms with Crippen LogP contribution in [0.3, 0.4) is 0 Å². The number of hydrogen-bond donors (Lipinski definition) is 0. The number of thioether (sulfide) groups is 1. The summed E-state index contributed by atoms with van der Waals surface area (Å²) >= 11 is 7.74. The van der Waals surface area contributed by atoms with Gasteiger partial charge in [0.25, 0.3) is 5.91 Å². The second-order valence-electron chi connectivity index (χ2n) is 6.16. The van der Waals surface area contributed by atoms with Crippen LogP contribution in [0.4, 0.5) is 4.39 Å². The third-order valence-electron chi connectivity index (χ3n) is 4.10. The summed E-state index contributed by atoms with van der Waals surface area (Å²) in [6.45, 7) is 2.41. The second-order valence-corrected chi connectivity index (χ2v) is 7.58. The zero-order chi connectivity index (χ0) is 21.0. The number of likely N-dealkylation sites (N-methyl/N-ethyl adjacent to an activating group) is 1. The summed E-state index contributed by atoms with van der Waals surface area (Å²) in [6.07, 6.45) is 1.74. The lowest BCUT2D eigenvalue weighted by Gasteiger charge is -2.15. The second kappa shape index (κ2) is 9.33. The van der Waals surface area contributed by atoms with E-state index in [0.717, 1.165) is 0 Å². The molecule has 1 amide bonds. The van der Waals surface area contributed by atoms with E-state index in [2.05, 4.69) is 4.99 Å². The van der Waals surface area contributed by atoms with Crippen LogP contribution in [0.15, 0.2) is 46.3 Å².